The Balaban J connectivity index is 1.79. The van der Waals surface area contributed by atoms with Crippen LogP contribution in [0.3, 0.4) is 0 Å². The van der Waals surface area contributed by atoms with Crippen molar-refractivity contribution in [3.8, 4) is 0 Å². The zero-order valence-electron chi connectivity index (χ0n) is 15.8. The Labute approximate surface area is 161 Å². The van der Waals surface area contributed by atoms with Gasteiger partial charge < -0.3 is 8.85 Å². The highest BCUT2D eigenvalue weighted by atomic mass is 32.2. The molecule has 0 amide bonds. The molecule has 0 bridgehead atoms. The minimum absolute atomic E-state index is 0.0190. The normalized spacial score (nSPS) is 12.4. The van der Waals surface area contributed by atoms with Gasteiger partial charge in [0.15, 0.2) is 9.84 Å². The molecule has 0 spiro atoms. The lowest BCUT2D eigenvalue weighted by Crippen LogP contribution is -2.39. The number of hydrogen-bond acceptors (Lipinski definition) is 4. The molecule has 3 aromatic carbocycles. The van der Waals surface area contributed by atoms with Gasteiger partial charge in [-0.25, -0.2) is 8.42 Å². The van der Waals surface area contributed by atoms with Gasteiger partial charge >= 0.3 is 8.56 Å². The number of sulfone groups is 1. The van der Waals surface area contributed by atoms with Crippen molar-refractivity contribution < 1.29 is 17.3 Å². The van der Waals surface area contributed by atoms with E-state index in [-0.39, 0.29) is 5.75 Å². The van der Waals surface area contributed by atoms with E-state index in [2.05, 4.69) is 0 Å². The molecule has 0 saturated carbocycles. The molecule has 3 aromatic rings. The SMILES string of the molecule is CO[Si](C)(Cc1ccc(CS(=O)(=O)c2ccc3ccccc3c2)cc1)OC. The minimum atomic E-state index is -3.40. The van der Waals surface area contributed by atoms with Crippen LogP contribution in [0.2, 0.25) is 6.55 Å². The van der Waals surface area contributed by atoms with E-state index in [9.17, 15) is 8.42 Å². The van der Waals surface area contributed by atoms with Gasteiger partial charge in [-0.15, -0.1) is 0 Å². The third-order valence-electron chi connectivity index (χ3n) is 4.85. The molecule has 4 nitrogen and oxygen atoms in total. The van der Waals surface area contributed by atoms with E-state index < -0.39 is 18.4 Å². The highest BCUT2D eigenvalue weighted by molar-refractivity contribution is 7.90. The second-order valence-electron chi connectivity index (χ2n) is 6.80. The van der Waals surface area contributed by atoms with Crippen molar-refractivity contribution in [3.63, 3.8) is 0 Å². The van der Waals surface area contributed by atoms with E-state index in [1.54, 1.807) is 26.4 Å². The molecule has 0 aromatic heterocycles. The third-order valence-corrected chi connectivity index (χ3v) is 9.31. The Morgan fingerprint density at radius 1 is 0.815 bits per heavy atom. The fraction of sp³-hybridized carbons (Fsp3) is 0.238. The van der Waals surface area contributed by atoms with Gasteiger partial charge in [0.25, 0.3) is 0 Å². The quantitative estimate of drug-likeness (QED) is 0.556. The van der Waals surface area contributed by atoms with Crippen LogP contribution in [0.1, 0.15) is 11.1 Å². The topological polar surface area (TPSA) is 52.6 Å². The van der Waals surface area contributed by atoms with E-state index in [1.165, 1.54) is 0 Å². The fourth-order valence-corrected chi connectivity index (χ4v) is 5.83. The Bertz CT molecular complexity index is 1030. The van der Waals surface area contributed by atoms with E-state index in [0.29, 0.717) is 4.90 Å². The molecule has 0 aliphatic carbocycles. The van der Waals surface area contributed by atoms with E-state index >= 15 is 0 Å². The van der Waals surface area contributed by atoms with E-state index in [4.69, 9.17) is 8.85 Å². The summed E-state index contributed by atoms with van der Waals surface area (Å²) in [5, 5.41) is 1.96. The van der Waals surface area contributed by atoms with Crippen LogP contribution in [-0.4, -0.2) is 31.2 Å². The second kappa shape index (κ2) is 7.94. The lowest BCUT2D eigenvalue weighted by molar-refractivity contribution is 0.249. The summed E-state index contributed by atoms with van der Waals surface area (Å²) in [4.78, 5) is 0.351. The summed E-state index contributed by atoms with van der Waals surface area (Å²) in [6, 6.07) is 21.4. The summed E-state index contributed by atoms with van der Waals surface area (Å²) in [7, 11) is -2.27. The highest BCUT2D eigenvalue weighted by Crippen LogP contribution is 2.23. The molecule has 0 unspecified atom stereocenters. The molecule has 3 rings (SSSR count). The summed E-state index contributed by atoms with van der Waals surface area (Å²) >= 11 is 0. The van der Waals surface area contributed by atoms with Gasteiger partial charge in [0.1, 0.15) is 0 Å². The van der Waals surface area contributed by atoms with E-state index in [1.807, 2.05) is 61.1 Å². The minimum Gasteiger partial charge on any atom is -0.398 e. The molecule has 6 heteroatoms. The first kappa shape index (κ1) is 19.8. The standard InChI is InChI=1S/C21H24O4SSi/c1-24-27(3,25-2)16-18-10-8-17(9-11-18)15-26(22,23)21-13-12-19-6-4-5-7-20(19)14-21/h4-14H,15-16H2,1-3H3. The molecule has 0 aliphatic heterocycles. The van der Waals surface area contributed by atoms with Crippen LogP contribution in [0.5, 0.6) is 0 Å². The van der Waals surface area contributed by atoms with Gasteiger partial charge in [-0.3, -0.25) is 0 Å². The molecule has 0 N–H and O–H groups in total. The maximum absolute atomic E-state index is 12.8. The van der Waals surface area contributed by atoms with Crippen molar-refractivity contribution in [2.45, 2.75) is 23.2 Å². The molecule has 142 valence electrons. The maximum atomic E-state index is 12.8. The van der Waals surface area contributed by atoms with Crippen LogP contribution < -0.4 is 0 Å². The van der Waals surface area contributed by atoms with Crippen molar-refractivity contribution in [2.24, 2.45) is 0 Å². The summed E-state index contributed by atoms with van der Waals surface area (Å²) in [6.07, 6.45) is 0. The average Bonchev–Trinajstić information content (AvgIpc) is 2.69. The predicted molar refractivity (Wildman–Crippen MR) is 111 cm³/mol. The van der Waals surface area contributed by atoms with Gasteiger partial charge in [0.05, 0.1) is 10.6 Å². The van der Waals surface area contributed by atoms with Gasteiger partial charge in [-0.1, -0.05) is 54.6 Å². The first-order valence-electron chi connectivity index (χ1n) is 8.75. The van der Waals surface area contributed by atoms with Gasteiger partial charge in [0.2, 0.25) is 0 Å². The molecular weight excluding hydrogens is 376 g/mol. The van der Waals surface area contributed by atoms with E-state index in [0.717, 1.165) is 27.9 Å². The third kappa shape index (κ3) is 4.65. The molecular formula is C21H24O4SSi. The van der Waals surface area contributed by atoms with Crippen molar-refractivity contribution in [2.75, 3.05) is 14.2 Å². The lowest BCUT2D eigenvalue weighted by atomic mass is 10.1. The van der Waals surface area contributed by atoms with Crippen LogP contribution >= 0.6 is 0 Å². The first-order chi connectivity index (χ1) is 12.8. The molecule has 0 radical (unpaired) electrons. The van der Waals surface area contributed by atoms with Crippen LogP contribution in [0.4, 0.5) is 0 Å². The van der Waals surface area contributed by atoms with Gasteiger partial charge in [-0.2, -0.15) is 0 Å². The maximum Gasteiger partial charge on any atom is 0.338 e. The lowest BCUT2D eigenvalue weighted by Gasteiger charge is -2.22. The molecule has 27 heavy (non-hydrogen) atoms. The second-order valence-corrected chi connectivity index (χ2v) is 12.2. The summed E-state index contributed by atoms with van der Waals surface area (Å²) in [6.45, 7) is 2.01. The predicted octanol–water partition coefficient (Wildman–Crippen LogP) is 4.26. The summed E-state index contributed by atoms with van der Waals surface area (Å²) in [5.74, 6) is -0.0190. The van der Waals surface area contributed by atoms with Crippen molar-refractivity contribution in [1.29, 1.82) is 0 Å². The van der Waals surface area contributed by atoms with Crippen LogP contribution in [0.15, 0.2) is 71.6 Å². The molecule has 0 atom stereocenters. The average molecular weight is 401 g/mol. The first-order valence-corrected chi connectivity index (χ1v) is 12.9. The zero-order chi connectivity index (χ0) is 19.5. The molecule has 0 saturated heterocycles. The number of hydrogen-bond donors (Lipinski definition) is 0. The Morgan fingerprint density at radius 2 is 1.41 bits per heavy atom. The van der Waals surface area contributed by atoms with Crippen molar-refractivity contribution >= 4 is 29.2 Å². The van der Waals surface area contributed by atoms with Crippen LogP contribution in [0, 0.1) is 0 Å². The largest absolute Gasteiger partial charge is 0.398 e. The monoisotopic (exact) mass is 400 g/mol. The molecule has 0 heterocycles. The smallest absolute Gasteiger partial charge is 0.338 e. The van der Waals surface area contributed by atoms with Crippen molar-refractivity contribution in [1.82, 2.24) is 0 Å². The summed E-state index contributed by atoms with van der Waals surface area (Å²) in [5.41, 5.74) is 1.85. The Hall–Kier alpha value is -1.99. The van der Waals surface area contributed by atoms with Crippen molar-refractivity contribution in [3.05, 3.63) is 77.9 Å². The number of benzene rings is 3. The van der Waals surface area contributed by atoms with Gasteiger partial charge in [0, 0.05) is 20.3 Å². The molecule has 0 aliphatic rings. The molecule has 0 fully saturated rings. The van der Waals surface area contributed by atoms with Crippen LogP contribution in [0.25, 0.3) is 10.8 Å². The van der Waals surface area contributed by atoms with Gasteiger partial charge in [-0.05, 0) is 40.6 Å². The summed E-state index contributed by atoms with van der Waals surface area (Å²) < 4.78 is 36.7. The highest BCUT2D eigenvalue weighted by Gasteiger charge is 2.29. The van der Waals surface area contributed by atoms with Crippen LogP contribution in [-0.2, 0) is 30.5 Å². The number of fused-ring (bicyclic) bond motifs is 1. The fourth-order valence-electron chi connectivity index (χ4n) is 3.02. The Morgan fingerprint density at radius 3 is 2.04 bits per heavy atom. The zero-order valence-corrected chi connectivity index (χ0v) is 17.6. The Kier molecular flexibility index (Phi) is 5.81. The number of rotatable bonds is 7.